The Morgan fingerprint density at radius 3 is 2.31 bits per heavy atom. The third-order valence-electron chi connectivity index (χ3n) is 4.17. The summed E-state index contributed by atoms with van der Waals surface area (Å²) in [5, 5.41) is 0. The summed E-state index contributed by atoms with van der Waals surface area (Å²) in [6.07, 6.45) is 0.910. The van der Waals surface area contributed by atoms with Crippen LogP contribution < -0.4 is 15.6 Å². The molecule has 26 heavy (non-hydrogen) atoms. The Hall–Kier alpha value is -2.82. The molecule has 0 saturated heterocycles. The molecule has 5 heteroatoms. The average molecular weight is 354 g/mol. The van der Waals surface area contributed by atoms with Gasteiger partial charge in [0.2, 0.25) is 0 Å². The van der Waals surface area contributed by atoms with Crippen LogP contribution >= 0.6 is 0 Å². The number of amides is 2. The summed E-state index contributed by atoms with van der Waals surface area (Å²) < 4.78 is 5.49. The Kier molecular flexibility index (Phi) is 6.78. The van der Waals surface area contributed by atoms with E-state index in [0.717, 1.165) is 17.5 Å². The van der Waals surface area contributed by atoms with Gasteiger partial charge < -0.3 is 4.74 Å². The molecule has 0 aliphatic heterocycles. The van der Waals surface area contributed by atoms with Gasteiger partial charge in [-0.05, 0) is 60.2 Å². The summed E-state index contributed by atoms with van der Waals surface area (Å²) in [4.78, 5) is 23.9. The molecule has 2 aromatic carbocycles. The van der Waals surface area contributed by atoms with E-state index in [2.05, 4.69) is 24.7 Å². The van der Waals surface area contributed by atoms with Crippen LogP contribution in [-0.2, 0) is 11.2 Å². The van der Waals surface area contributed by atoms with E-state index in [1.165, 1.54) is 5.56 Å². The highest BCUT2D eigenvalue weighted by atomic mass is 16.5. The molecule has 0 unspecified atom stereocenters. The van der Waals surface area contributed by atoms with Crippen LogP contribution in [0.5, 0.6) is 5.75 Å². The molecular formula is C21H26N2O3. The highest BCUT2D eigenvalue weighted by Crippen LogP contribution is 2.23. The number of hydrazine groups is 1. The van der Waals surface area contributed by atoms with E-state index >= 15 is 0 Å². The number of carbonyl (C=O) groups is 2. The van der Waals surface area contributed by atoms with Crippen molar-refractivity contribution in [3.05, 3.63) is 64.7 Å². The van der Waals surface area contributed by atoms with Crippen LogP contribution in [0.25, 0.3) is 0 Å². The number of nitrogens with one attached hydrogen (secondary N) is 2. The van der Waals surface area contributed by atoms with Crippen LogP contribution in [0.2, 0.25) is 0 Å². The molecule has 0 radical (unpaired) electrons. The Bertz CT molecular complexity index is 767. The minimum absolute atomic E-state index is 0.171. The van der Waals surface area contributed by atoms with E-state index in [1.807, 2.05) is 44.2 Å². The van der Waals surface area contributed by atoms with E-state index in [4.69, 9.17) is 4.74 Å². The first-order valence-corrected chi connectivity index (χ1v) is 8.82. The van der Waals surface area contributed by atoms with Gasteiger partial charge in [-0.15, -0.1) is 0 Å². The molecule has 0 spiro atoms. The molecular weight excluding hydrogens is 328 g/mol. The van der Waals surface area contributed by atoms with Crippen molar-refractivity contribution in [2.24, 2.45) is 0 Å². The lowest BCUT2D eigenvalue weighted by Gasteiger charge is -2.13. The van der Waals surface area contributed by atoms with Crippen LogP contribution in [0.4, 0.5) is 0 Å². The van der Waals surface area contributed by atoms with Gasteiger partial charge in [0.25, 0.3) is 11.8 Å². The quantitative estimate of drug-likeness (QED) is 0.780. The lowest BCUT2D eigenvalue weighted by atomic mass is 9.98. The van der Waals surface area contributed by atoms with Crippen molar-refractivity contribution >= 4 is 11.8 Å². The molecule has 2 amide bonds. The second kappa shape index (κ2) is 9.04. The first-order valence-electron chi connectivity index (χ1n) is 8.82. The number of carbonyl (C=O) groups excluding carboxylic acids is 2. The zero-order valence-electron chi connectivity index (χ0n) is 15.8. The number of hydrogen-bond donors (Lipinski definition) is 2. The largest absolute Gasteiger partial charge is 0.484 e. The molecule has 2 aromatic rings. The fourth-order valence-corrected chi connectivity index (χ4v) is 2.66. The molecule has 0 bridgehead atoms. The Labute approximate surface area is 154 Å². The van der Waals surface area contributed by atoms with Gasteiger partial charge >= 0.3 is 0 Å². The summed E-state index contributed by atoms with van der Waals surface area (Å²) in [5.41, 5.74) is 8.77. The van der Waals surface area contributed by atoms with E-state index in [1.54, 1.807) is 12.1 Å². The van der Waals surface area contributed by atoms with Gasteiger partial charge in [0.15, 0.2) is 6.61 Å². The number of benzene rings is 2. The number of ether oxygens (including phenoxy) is 1. The maximum absolute atomic E-state index is 12.0. The van der Waals surface area contributed by atoms with Crippen molar-refractivity contribution in [1.82, 2.24) is 10.9 Å². The molecule has 0 aliphatic carbocycles. The molecule has 0 aromatic heterocycles. The first-order chi connectivity index (χ1) is 12.4. The number of hydrogen-bond acceptors (Lipinski definition) is 3. The molecule has 0 fully saturated rings. The van der Waals surface area contributed by atoms with E-state index in [0.29, 0.717) is 17.2 Å². The minimum Gasteiger partial charge on any atom is -0.484 e. The van der Waals surface area contributed by atoms with E-state index in [-0.39, 0.29) is 12.5 Å². The summed E-state index contributed by atoms with van der Waals surface area (Å²) in [7, 11) is 0. The minimum atomic E-state index is -0.422. The number of rotatable bonds is 6. The van der Waals surface area contributed by atoms with Crippen molar-refractivity contribution in [2.75, 3.05) is 6.61 Å². The maximum atomic E-state index is 12.0. The van der Waals surface area contributed by atoms with Crippen molar-refractivity contribution in [2.45, 2.75) is 40.0 Å². The molecule has 0 heterocycles. The summed E-state index contributed by atoms with van der Waals surface area (Å²) >= 11 is 0. The second-order valence-corrected chi connectivity index (χ2v) is 6.51. The van der Waals surface area contributed by atoms with Crippen molar-refractivity contribution in [1.29, 1.82) is 0 Å². The lowest BCUT2D eigenvalue weighted by molar-refractivity contribution is -0.123. The van der Waals surface area contributed by atoms with Crippen LogP contribution in [0, 0.1) is 6.92 Å². The third kappa shape index (κ3) is 5.34. The van der Waals surface area contributed by atoms with E-state index in [9.17, 15) is 9.59 Å². The first kappa shape index (κ1) is 19.5. The Morgan fingerprint density at radius 1 is 1.04 bits per heavy atom. The fraction of sp³-hybridized carbons (Fsp3) is 0.333. The van der Waals surface area contributed by atoms with Crippen LogP contribution in [0.1, 0.15) is 53.7 Å². The van der Waals surface area contributed by atoms with E-state index < -0.39 is 5.91 Å². The van der Waals surface area contributed by atoms with Crippen LogP contribution in [0.3, 0.4) is 0 Å². The zero-order chi connectivity index (χ0) is 19.1. The summed E-state index contributed by atoms with van der Waals surface area (Å²) in [5.74, 6) is 0.282. The van der Waals surface area contributed by atoms with Gasteiger partial charge in [-0.1, -0.05) is 39.0 Å². The summed E-state index contributed by atoms with van der Waals surface area (Å²) in [6, 6.07) is 13.0. The van der Waals surface area contributed by atoms with Gasteiger partial charge in [-0.2, -0.15) is 0 Å². The number of aryl methyl sites for hydroxylation is 2. The maximum Gasteiger partial charge on any atom is 0.276 e. The van der Waals surface area contributed by atoms with Crippen LogP contribution in [0.15, 0.2) is 42.5 Å². The SMILES string of the molecule is CCc1ccc(C(=O)NNC(=O)COc2ccc(C(C)C)c(C)c2)cc1. The molecule has 138 valence electrons. The second-order valence-electron chi connectivity index (χ2n) is 6.51. The van der Waals surface area contributed by atoms with Gasteiger partial charge in [-0.3, -0.25) is 20.4 Å². The van der Waals surface area contributed by atoms with Crippen LogP contribution in [-0.4, -0.2) is 18.4 Å². The predicted molar refractivity (Wildman–Crippen MR) is 102 cm³/mol. The topological polar surface area (TPSA) is 67.4 Å². The highest BCUT2D eigenvalue weighted by molar-refractivity contribution is 5.95. The van der Waals surface area contributed by atoms with Gasteiger partial charge in [0, 0.05) is 5.56 Å². The molecule has 2 N–H and O–H groups in total. The lowest BCUT2D eigenvalue weighted by Crippen LogP contribution is -2.43. The molecule has 0 aliphatic rings. The Balaban J connectivity index is 1.81. The van der Waals surface area contributed by atoms with Gasteiger partial charge in [-0.25, -0.2) is 0 Å². The third-order valence-corrected chi connectivity index (χ3v) is 4.17. The van der Waals surface area contributed by atoms with Gasteiger partial charge in [0.05, 0.1) is 0 Å². The molecule has 0 saturated carbocycles. The molecule has 0 atom stereocenters. The predicted octanol–water partition coefficient (Wildman–Crippen LogP) is 3.52. The highest BCUT2D eigenvalue weighted by Gasteiger charge is 2.09. The molecule has 5 nitrogen and oxygen atoms in total. The Morgan fingerprint density at radius 2 is 1.73 bits per heavy atom. The fourth-order valence-electron chi connectivity index (χ4n) is 2.66. The summed E-state index contributed by atoms with van der Waals surface area (Å²) in [6.45, 7) is 8.17. The average Bonchev–Trinajstić information content (AvgIpc) is 2.64. The standard InChI is InChI=1S/C21H26N2O3/c1-5-16-6-8-17(9-7-16)21(25)23-22-20(24)13-26-18-10-11-19(14(2)3)15(4)12-18/h6-12,14H,5,13H2,1-4H3,(H,22,24)(H,23,25). The normalized spacial score (nSPS) is 10.5. The van der Waals surface area contributed by atoms with Crippen molar-refractivity contribution in [3.8, 4) is 5.75 Å². The van der Waals surface area contributed by atoms with Gasteiger partial charge in [0.1, 0.15) is 5.75 Å². The zero-order valence-corrected chi connectivity index (χ0v) is 15.8. The molecule has 2 rings (SSSR count). The monoisotopic (exact) mass is 354 g/mol. The van der Waals surface area contributed by atoms with Crippen molar-refractivity contribution in [3.63, 3.8) is 0 Å². The smallest absolute Gasteiger partial charge is 0.276 e. The van der Waals surface area contributed by atoms with Crippen molar-refractivity contribution < 1.29 is 14.3 Å².